The second-order valence-electron chi connectivity index (χ2n) is 3.59. The fraction of sp³-hybridized carbons (Fsp3) is 0.273. The van der Waals surface area contributed by atoms with Crippen LogP contribution in [0.1, 0.15) is 11.7 Å². The molecule has 0 bridgehead atoms. The van der Waals surface area contributed by atoms with Crippen molar-refractivity contribution >= 4 is 36.0 Å². The van der Waals surface area contributed by atoms with Crippen LogP contribution in [0.25, 0.3) is 0 Å². The van der Waals surface area contributed by atoms with Gasteiger partial charge in [0.25, 0.3) is 5.91 Å². The van der Waals surface area contributed by atoms with Gasteiger partial charge in [0, 0.05) is 23.7 Å². The second-order valence-corrected chi connectivity index (χ2v) is 4.03. The molecule has 0 spiro atoms. The Labute approximate surface area is 115 Å². The topological polar surface area (TPSA) is 72.6 Å². The minimum absolute atomic E-state index is 0. The predicted octanol–water partition coefficient (Wildman–Crippen LogP) is 1.74. The van der Waals surface area contributed by atoms with Crippen molar-refractivity contribution in [3.05, 3.63) is 34.9 Å². The van der Waals surface area contributed by atoms with Gasteiger partial charge < -0.3 is 10.5 Å². The highest BCUT2D eigenvalue weighted by atomic mass is 35.5. The van der Waals surface area contributed by atoms with Crippen LogP contribution in [0.2, 0.25) is 5.02 Å². The first-order valence-electron chi connectivity index (χ1n) is 5.11. The van der Waals surface area contributed by atoms with Gasteiger partial charge in [-0.15, -0.1) is 12.4 Å². The number of imide groups is 1. The van der Waals surface area contributed by atoms with E-state index in [0.717, 1.165) is 4.90 Å². The lowest BCUT2D eigenvalue weighted by Crippen LogP contribution is -2.34. The normalized spacial score (nSPS) is 18.6. The number of rotatable bonds is 3. The highest BCUT2D eigenvalue weighted by Gasteiger charge is 2.40. The Hall–Kier alpha value is -1.30. The number of hydrogen-bond acceptors (Lipinski definition) is 4. The molecule has 2 N–H and O–H groups in total. The van der Waals surface area contributed by atoms with E-state index < -0.39 is 12.2 Å². The van der Waals surface area contributed by atoms with Crippen LogP contribution in [0.3, 0.4) is 0 Å². The first-order valence-corrected chi connectivity index (χ1v) is 5.49. The van der Waals surface area contributed by atoms with Gasteiger partial charge in [-0.25, -0.2) is 9.69 Å². The van der Waals surface area contributed by atoms with Crippen molar-refractivity contribution in [3.8, 4) is 0 Å². The highest BCUT2D eigenvalue weighted by Crippen LogP contribution is 2.27. The Morgan fingerprint density at radius 3 is 2.44 bits per heavy atom. The summed E-state index contributed by atoms with van der Waals surface area (Å²) in [6.45, 7) is 0.385. The summed E-state index contributed by atoms with van der Waals surface area (Å²) in [7, 11) is 0. The number of carbonyl (C=O) groups excluding carboxylic acids is 2. The number of nitrogens with zero attached hydrogens (tertiary/aromatic N) is 1. The molecule has 1 aliphatic rings. The van der Waals surface area contributed by atoms with Gasteiger partial charge in [-0.1, -0.05) is 23.7 Å². The Morgan fingerprint density at radius 2 is 1.89 bits per heavy atom. The van der Waals surface area contributed by atoms with Gasteiger partial charge >= 0.3 is 6.09 Å². The lowest BCUT2D eigenvalue weighted by molar-refractivity contribution is -0.129. The molecule has 1 aliphatic heterocycles. The summed E-state index contributed by atoms with van der Waals surface area (Å²) < 4.78 is 5.00. The number of halogens is 2. The Morgan fingerprint density at radius 1 is 1.28 bits per heavy atom. The molecule has 1 aromatic carbocycles. The molecule has 5 nitrogen and oxygen atoms in total. The summed E-state index contributed by atoms with van der Waals surface area (Å²) >= 11 is 5.74. The van der Waals surface area contributed by atoms with Gasteiger partial charge in [0.2, 0.25) is 6.10 Å². The van der Waals surface area contributed by atoms with Crippen LogP contribution in [0.5, 0.6) is 0 Å². The Bertz CT molecular complexity index is 450. The van der Waals surface area contributed by atoms with Crippen LogP contribution in [-0.4, -0.2) is 30.0 Å². The smallest absolute Gasteiger partial charge is 0.417 e. The fourth-order valence-electron chi connectivity index (χ4n) is 1.63. The van der Waals surface area contributed by atoms with Gasteiger partial charge in [-0.05, 0) is 12.1 Å². The quantitative estimate of drug-likeness (QED) is 0.920. The minimum atomic E-state index is -0.883. The average molecular weight is 291 g/mol. The monoisotopic (exact) mass is 290 g/mol. The van der Waals surface area contributed by atoms with Crippen molar-refractivity contribution in [2.24, 2.45) is 5.73 Å². The lowest BCUT2D eigenvalue weighted by Gasteiger charge is -2.09. The van der Waals surface area contributed by atoms with E-state index in [2.05, 4.69) is 0 Å². The summed E-state index contributed by atoms with van der Waals surface area (Å²) in [4.78, 5) is 24.3. The van der Waals surface area contributed by atoms with Crippen molar-refractivity contribution in [2.75, 3.05) is 13.1 Å². The molecule has 0 radical (unpaired) electrons. The third-order valence-electron chi connectivity index (χ3n) is 2.45. The van der Waals surface area contributed by atoms with Crippen molar-refractivity contribution in [2.45, 2.75) is 6.10 Å². The number of ether oxygens (including phenoxy) is 1. The average Bonchev–Trinajstić information content (AvgIpc) is 2.59. The first kappa shape index (κ1) is 14.8. The fourth-order valence-corrected chi connectivity index (χ4v) is 1.75. The molecular formula is C11H12Cl2N2O3. The van der Waals surface area contributed by atoms with Gasteiger partial charge in [0.15, 0.2) is 0 Å². The predicted molar refractivity (Wildman–Crippen MR) is 68.7 cm³/mol. The maximum atomic E-state index is 11.9. The largest absolute Gasteiger partial charge is 0.431 e. The number of amides is 2. The molecule has 1 unspecified atom stereocenters. The Kier molecular flexibility index (Phi) is 4.95. The molecule has 0 saturated carbocycles. The maximum absolute atomic E-state index is 11.9. The summed E-state index contributed by atoms with van der Waals surface area (Å²) in [6, 6.07) is 6.60. The maximum Gasteiger partial charge on any atom is 0.417 e. The van der Waals surface area contributed by atoms with E-state index in [9.17, 15) is 9.59 Å². The molecule has 7 heteroatoms. The van der Waals surface area contributed by atoms with Gasteiger partial charge in [0.05, 0.1) is 0 Å². The molecule has 1 heterocycles. The standard InChI is InChI=1S/C11H11ClN2O3.ClH/c12-8-3-1-7(2-4-8)9-10(15)14(6-5-13)11(16)17-9;/h1-4,9H,5-6,13H2;1H. The SMILES string of the molecule is Cl.NCCN1C(=O)OC(c2ccc(Cl)cc2)C1=O. The van der Waals surface area contributed by atoms with E-state index >= 15 is 0 Å². The summed E-state index contributed by atoms with van der Waals surface area (Å²) in [5, 5.41) is 0.560. The van der Waals surface area contributed by atoms with E-state index in [1.165, 1.54) is 0 Å². The number of carbonyl (C=O) groups is 2. The van der Waals surface area contributed by atoms with Crippen molar-refractivity contribution in [1.29, 1.82) is 0 Å². The van der Waals surface area contributed by atoms with Crippen molar-refractivity contribution in [1.82, 2.24) is 4.90 Å². The first-order chi connectivity index (χ1) is 8.13. The molecule has 2 amide bonds. The van der Waals surface area contributed by atoms with Crippen LogP contribution in [-0.2, 0) is 9.53 Å². The third kappa shape index (κ3) is 2.75. The minimum Gasteiger partial charge on any atom is -0.431 e. The molecule has 1 aromatic rings. The Balaban J connectivity index is 0.00000162. The molecular weight excluding hydrogens is 279 g/mol. The summed E-state index contributed by atoms with van der Waals surface area (Å²) in [5.74, 6) is -0.386. The van der Waals surface area contributed by atoms with Crippen LogP contribution in [0.4, 0.5) is 4.79 Å². The van der Waals surface area contributed by atoms with Crippen LogP contribution in [0, 0.1) is 0 Å². The van der Waals surface area contributed by atoms with E-state index in [-0.39, 0.29) is 31.4 Å². The third-order valence-corrected chi connectivity index (χ3v) is 2.71. The van der Waals surface area contributed by atoms with Crippen LogP contribution in [0.15, 0.2) is 24.3 Å². The zero-order valence-corrected chi connectivity index (χ0v) is 10.9. The molecule has 0 aromatic heterocycles. The van der Waals surface area contributed by atoms with E-state index in [4.69, 9.17) is 22.1 Å². The highest BCUT2D eigenvalue weighted by molar-refractivity contribution is 6.30. The van der Waals surface area contributed by atoms with Gasteiger partial charge in [0.1, 0.15) is 0 Å². The molecule has 1 fully saturated rings. The van der Waals surface area contributed by atoms with Crippen molar-refractivity contribution < 1.29 is 14.3 Å². The van der Waals surface area contributed by atoms with Gasteiger partial charge in [-0.2, -0.15) is 0 Å². The lowest BCUT2D eigenvalue weighted by atomic mass is 10.1. The van der Waals surface area contributed by atoms with E-state index in [1.807, 2.05) is 0 Å². The number of hydrogen-bond donors (Lipinski definition) is 1. The molecule has 2 rings (SSSR count). The zero-order chi connectivity index (χ0) is 12.4. The number of cyclic esters (lactones) is 1. The second kappa shape index (κ2) is 6.04. The van der Waals surface area contributed by atoms with Gasteiger partial charge in [-0.3, -0.25) is 4.79 Å². The molecule has 1 saturated heterocycles. The van der Waals surface area contributed by atoms with Crippen LogP contribution < -0.4 is 5.73 Å². The summed E-state index contributed by atoms with van der Waals surface area (Å²) in [5.41, 5.74) is 5.92. The zero-order valence-electron chi connectivity index (χ0n) is 9.34. The number of benzene rings is 1. The number of nitrogens with two attached hydrogens (primary N) is 1. The molecule has 0 aliphatic carbocycles. The molecule has 1 atom stereocenters. The summed E-state index contributed by atoms with van der Waals surface area (Å²) in [6.07, 6.45) is -1.54. The molecule has 18 heavy (non-hydrogen) atoms. The van der Waals surface area contributed by atoms with Crippen molar-refractivity contribution in [3.63, 3.8) is 0 Å². The molecule has 98 valence electrons. The van der Waals surface area contributed by atoms with Crippen LogP contribution >= 0.6 is 24.0 Å². The van der Waals surface area contributed by atoms with E-state index in [1.54, 1.807) is 24.3 Å². The van der Waals surface area contributed by atoms with E-state index in [0.29, 0.717) is 10.6 Å².